The van der Waals surface area contributed by atoms with Gasteiger partial charge in [0.2, 0.25) is 11.8 Å². The van der Waals surface area contributed by atoms with E-state index >= 15 is 0 Å². The summed E-state index contributed by atoms with van der Waals surface area (Å²) in [5.41, 5.74) is 2.52. The number of allylic oxidation sites excluding steroid dienone is 1. The van der Waals surface area contributed by atoms with Crippen LogP contribution in [-0.2, 0) is 19.1 Å². The third-order valence-corrected chi connectivity index (χ3v) is 6.42. The fourth-order valence-electron chi connectivity index (χ4n) is 3.81. The zero-order valence-corrected chi connectivity index (χ0v) is 19.8. The molecule has 0 unspecified atom stereocenters. The van der Waals surface area contributed by atoms with Crippen LogP contribution in [0, 0.1) is 36.9 Å². The molecule has 2 atom stereocenters. The molecule has 0 aliphatic carbocycles. The first kappa shape index (κ1) is 25.0. The molecule has 0 saturated heterocycles. The molecule has 2 N–H and O–H groups in total. The molecule has 9 heteroatoms. The van der Waals surface area contributed by atoms with E-state index in [0.29, 0.717) is 5.69 Å². The number of esters is 1. The van der Waals surface area contributed by atoms with Crippen LogP contribution >= 0.6 is 11.8 Å². The summed E-state index contributed by atoms with van der Waals surface area (Å²) < 4.78 is 19.7. The van der Waals surface area contributed by atoms with E-state index in [9.17, 15) is 24.0 Å². The van der Waals surface area contributed by atoms with E-state index in [2.05, 4.69) is 10.6 Å². The molecular weight excluding hydrogens is 457 g/mol. The molecule has 1 aliphatic heterocycles. The van der Waals surface area contributed by atoms with Gasteiger partial charge >= 0.3 is 5.97 Å². The van der Waals surface area contributed by atoms with Crippen molar-refractivity contribution in [2.75, 3.05) is 17.7 Å². The van der Waals surface area contributed by atoms with E-state index in [1.807, 2.05) is 38.1 Å². The number of nitrogens with one attached hydrogen (secondary N) is 2. The van der Waals surface area contributed by atoms with Crippen molar-refractivity contribution in [1.29, 1.82) is 5.26 Å². The van der Waals surface area contributed by atoms with Crippen molar-refractivity contribution in [3.05, 3.63) is 75.6 Å². The van der Waals surface area contributed by atoms with Gasteiger partial charge in [0.15, 0.2) is 0 Å². The highest BCUT2D eigenvalue weighted by atomic mass is 32.2. The van der Waals surface area contributed by atoms with Gasteiger partial charge in [-0.1, -0.05) is 48.2 Å². The van der Waals surface area contributed by atoms with Gasteiger partial charge in [0.05, 0.1) is 29.0 Å². The Morgan fingerprint density at radius 1 is 1.18 bits per heavy atom. The number of nitrogens with zero attached hydrogens (tertiary/aromatic N) is 1. The van der Waals surface area contributed by atoms with E-state index in [0.717, 1.165) is 22.9 Å². The second kappa shape index (κ2) is 11.0. The van der Waals surface area contributed by atoms with Crippen molar-refractivity contribution in [2.45, 2.75) is 26.7 Å². The van der Waals surface area contributed by atoms with Gasteiger partial charge in [0, 0.05) is 11.6 Å². The number of hydrogen-bond donors (Lipinski definition) is 2. The zero-order valence-electron chi connectivity index (χ0n) is 19.0. The number of thioether (sulfide) groups is 1. The molecule has 2 aromatic rings. The van der Waals surface area contributed by atoms with Crippen molar-refractivity contribution >= 4 is 35.2 Å². The van der Waals surface area contributed by atoms with E-state index in [-0.39, 0.29) is 34.4 Å². The summed E-state index contributed by atoms with van der Waals surface area (Å²) >= 11 is 0.943. The van der Waals surface area contributed by atoms with Gasteiger partial charge in [0.25, 0.3) is 0 Å². The molecule has 0 fully saturated rings. The molecule has 0 saturated carbocycles. The Balaban J connectivity index is 1.93. The lowest BCUT2D eigenvalue weighted by atomic mass is 9.78. The Kier molecular flexibility index (Phi) is 8.08. The number of amides is 2. The molecule has 0 radical (unpaired) electrons. The number of benzene rings is 2. The summed E-state index contributed by atoms with van der Waals surface area (Å²) in [6, 6.07) is 13.3. The van der Waals surface area contributed by atoms with Crippen molar-refractivity contribution in [1.82, 2.24) is 5.32 Å². The normalized spacial score (nSPS) is 17.6. The average Bonchev–Trinajstić information content (AvgIpc) is 2.80. The topological polar surface area (TPSA) is 108 Å². The van der Waals surface area contributed by atoms with Crippen LogP contribution in [0.15, 0.2) is 53.1 Å². The third-order valence-electron chi connectivity index (χ3n) is 5.40. The summed E-state index contributed by atoms with van der Waals surface area (Å²) in [7, 11) is 0. The maximum atomic E-state index is 14.7. The van der Waals surface area contributed by atoms with Crippen LogP contribution in [0.5, 0.6) is 0 Å². The number of para-hydroxylation sites is 1. The number of rotatable bonds is 7. The lowest BCUT2D eigenvalue weighted by molar-refractivity contribution is -0.152. The Morgan fingerprint density at radius 3 is 2.47 bits per heavy atom. The van der Waals surface area contributed by atoms with Gasteiger partial charge in [-0.05, 0) is 43.5 Å². The van der Waals surface area contributed by atoms with Crippen LogP contribution in [0.1, 0.15) is 29.5 Å². The highest BCUT2D eigenvalue weighted by Crippen LogP contribution is 2.41. The van der Waals surface area contributed by atoms with Crippen molar-refractivity contribution in [3.63, 3.8) is 0 Å². The fourth-order valence-corrected chi connectivity index (χ4v) is 4.66. The van der Waals surface area contributed by atoms with Crippen molar-refractivity contribution < 1.29 is 23.5 Å². The molecule has 7 nitrogen and oxygen atoms in total. The number of ether oxygens (including phenoxy) is 1. The van der Waals surface area contributed by atoms with Crippen LogP contribution in [0.2, 0.25) is 0 Å². The number of aryl methyl sites for hydroxylation is 2. The quantitative estimate of drug-likeness (QED) is 0.458. The predicted octanol–water partition coefficient (Wildman–Crippen LogP) is 3.94. The van der Waals surface area contributed by atoms with E-state index in [1.165, 1.54) is 18.2 Å². The van der Waals surface area contributed by atoms with Crippen LogP contribution in [0.4, 0.5) is 10.1 Å². The lowest BCUT2D eigenvalue weighted by Crippen LogP contribution is -2.44. The number of hydrogen-bond acceptors (Lipinski definition) is 6. The summed E-state index contributed by atoms with van der Waals surface area (Å²) in [5, 5.41) is 15.4. The number of carbonyl (C=O) groups excluding carboxylic acids is 3. The summed E-state index contributed by atoms with van der Waals surface area (Å²) in [5.74, 6) is -5.27. The standard InChI is InChI=1S/C25H24FN3O4S/c1-4-33-25(32)21-20(16-10-5-6-11-18(16)26)17(12-27)24(29-23(21)31)34-13-19(30)28-22-14(2)8-7-9-15(22)3/h5-11,20-21H,4,13H2,1-3H3,(H,28,30)(H,29,31)/t20-,21+/m1/s1. The molecule has 1 heterocycles. The predicted molar refractivity (Wildman–Crippen MR) is 127 cm³/mol. The molecule has 2 amide bonds. The molecule has 0 aromatic heterocycles. The van der Waals surface area contributed by atoms with Gasteiger partial charge in [-0.15, -0.1) is 0 Å². The molecule has 34 heavy (non-hydrogen) atoms. The maximum absolute atomic E-state index is 14.7. The fraction of sp³-hybridized carbons (Fsp3) is 0.280. The number of nitriles is 1. The van der Waals surface area contributed by atoms with Crippen LogP contribution < -0.4 is 10.6 Å². The Labute approximate surface area is 201 Å². The average molecular weight is 482 g/mol. The number of anilines is 1. The van der Waals surface area contributed by atoms with E-state index in [1.54, 1.807) is 13.0 Å². The summed E-state index contributed by atoms with van der Waals surface area (Å²) in [4.78, 5) is 38.1. The van der Waals surface area contributed by atoms with Crippen molar-refractivity contribution in [3.8, 4) is 6.07 Å². The third kappa shape index (κ3) is 5.29. The first-order valence-corrected chi connectivity index (χ1v) is 11.6. The molecule has 2 aromatic carbocycles. The first-order valence-electron chi connectivity index (χ1n) is 10.6. The van der Waals surface area contributed by atoms with Gasteiger partial charge < -0.3 is 15.4 Å². The zero-order chi connectivity index (χ0) is 24.8. The monoisotopic (exact) mass is 481 g/mol. The van der Waals surface area contributed by atoms with Gasteiger partial charge in [0.1, 0.15) is 11.7 Å². The molecule has 0 spiro atoms. The smallest absolute Gasteiger partial charge is 0.319 e. The number of carbonyl (C=O) groups is 3. The molecular formula is C25H24FN3O4S. The van der Waals surface area contributed by atoms with Crippen LogP contribution in [0.3, 0.4) is 0 Å². The van der Waals surface area contributed by atoms with Crippen molar-refractivity contribution in [2.24, 2.45) is 5.92 Å². The minimum atomic E-state index is -1.43. The highest BCUT2D eigenvalue weighted by molar-refractivity contribution is 8.03. The van der Waals surface area contributed by atoms with Crippen LogP contribution in [-0.4, -0.2) is 30.1 Å². The lowest BCUT2D eigenvalue weighted by Gasteiger charge is -2.31. The highest BCUT2D eigenvalue weighted by Gasteiger charge is 2.45. The van der Waals surface area contributed by atoms with Gasteiger partial charge in [-0.3, -0.25) is 14.4 Å². The second-order valence-corrected chi connectivity index (χ2v) is 8.66. The first-order chi connectivity index (χ1) is 16.3. The minimum Gasteiger partial charge on any atom is -0.465 e. The second-order valence-electron chi connectivity index (χ2n) is 7.68. The molecule has 1 aliphatic rings. The Morgan fingerprint density at radius 2 is 1.85 bits per heavy atom. The molecule has 3 rings (SSSR count). The van der Waals surface area contributed by atoms with E-state index in [4.69, 9.17) is 4.74 Å². The maximum Gasteiger partial charge on any atom is 0.319 e. The Bertz CT molecular complexity index is 1180. The minimum absolute atomic E-state index is 0.00683. The largest absolute Gasteiger partial charge is 0.465 e. The molecule has 0 bridgehead atoms. The van der Waals surface area contributed by atoms with Gasteiger partial charge in [-0.2, -0.15) is 5.26 Å². The molecule has 176 valence electrons. The van der Waals surface area contributed by atoms with Gasteiger partial charge in [-0.25, -0.2) is 4.39 Å². The SMILES string of the molecule is CCOC(=O)[C@@H]1C(=O)NC(SCC(=O)Nc2c(C)cccc2C)=C(C#N)[C@H]1c1ccccc1F. The summed E-state index contributed by atoms with van der Waals surface area (Å²) in [6.45, 7) is 5.37. The summed E-state index contributed by atoms with van der Waals surface area (Å²) in [6.07, 6.45) is 0. The van der Waals surface area contributed by atoms with Crippen LogP contribution in [0.25, 0.3) is 0 Å². The van der Waals surface area contributed by atoms with E-state index < -0.39 is 29.5 Å². The number of halogens is 1. The Hall–Kier alpha value is -3.64.